The zero-order valence-corrected chi connectivity index (χ0v) is 24.5. The summed E-state index contributed by atoms with van der Waals surface area (Å²) in [6, 6.07) is 10.8. The van der Waals surface area contributed by atoms with Crippen molar-refractivity contribution in [3.05, 3.63) is 80.4 Å². The molecule has 0 saturated carbocycles. The maximum Gasteiger partial charge on any atom is 0.132 e. The van der Waals surface area contributed by atoms with Gasteiger partial charge in [0.1, 0.15) is 5.75 Å². The maximum absolute atomic E-state index is 11.7. The molecule has 0 fully saturated rings. The minimum absolute atomic E-state index is 0.0689. The molecule has 1 N–H and O–H groups in total. The summed E-state index contributed by atoms with van der Waals surface area (Å²) < 4.78 is 0. The van der Waals surface area contributed by atoms with Crippen molar-refractivity contribution in [1.82, 2.24) is 0 Å². The van der Waals surface area contributed by atoms with Crippen LogP contribution in [0.4, 0.5) is 5.69 Å². The Bertz CT molecular complexity index is 1260. The molecule has 36 heavy (non-hydrogen) atoms. The number of rotatable bonds is 5. The standard InChI is InChI=1S/C34H45NO/c1-19(2)28-14-13-15-29(20(3)4)32(28)35-18-26-16-27(34(10,11)12)17-30(33(26)36)31-24(8)22(6)21(5)23(7)25(31)9/h13-20,36H,1-12H3. The fourth-order valence-corrected chi connectivity index (χ4v) is 5.08. The topological polar surface area (TPSA) is 32.6 Å². The number of phenols is 1. The van der Waals surface area contributed by atoms with E-state index in [0.717, 1.165) is 22.4 Å². The van der Waals surface area contributed by atoms with Crippen LogP contribution in [-0.4, -0.2) is 11.3 Å². The molecule has 2 heteroatoms. The van der Waals surface area contributed by atoms with Gasteiger partial charge in [-0.25, -0.2) is 0 Å². The van der Waals surface area contributed by atoms with Crippen LogP contribution >= 0.6 is 0 Å². The molecule has 0 aliphatic rings. The molecule has 3 aromatic rings. The summed E-state index contributed by atoms with van der Waals surface area (Å²) in [5.41, 5.74) is 13.8. The molecule has 3 rings (SSSR count). The highest BCUT2D eigenvalue weighted by molar-refractivity contribution is 5.92. The first-order valence-corrected chi connectivity index (χ1v) is 13.3. The number of phenolic OH excluding ortho intramolecular Hbond substituents is 1. The van der Waals surface area contributed by atoms with E-state index in [9.17, 15) is 5.11 Å². The van der Waals surface area contributed by atoms with Gasteiger partial charge in [-0.05, 0) is 114 Å². The Balaban J connectivity index is 2.34. The van der Waals surface area contributed by atoms with Gasteiger partial charge in [0.05, 0.1) is 5.69 Å². The fourth-order valence-electron chi connectivity index (χ4n) is 5.08. The third-order valence-corrected chi connectivity index (χ3v) is 7.95. The second-order valence-corrected chi connectivity index (χ2v) is 12.1. The highest BCUT2D eigenvalue weighted by Crippen LogP contribution is 2.42. The van der Waals surface area contributed by atoms with Crippen molar-refractivity contribution in [3.63, 3.8) is 0 Å². The first kappa shape index (κ1) is 27.7. The van der Waals surface area contributed by atoms with Gasteiger partial charge in [-0.1, -0.05) is 66.7 Å². The number of aliphatic imine (C=N–C) groups is 1. The fraction of sp³-hybridized carbons (Fsp3) is 0.441. The summed E-state index contributed by atoms with van der Waals surface area (Å²) in [6.45, 7) is 26.4. The van der Waals surface area contributed by atoms with Crippen LogP contribution < -0.4 is 0 Å². The summed E-state index contributed by atoms with van der Waals surface area (Å²) in [5, 5.41) is 11.7. The van der Waals surface area contributed by atoms with Crippen molar-refractivity contribution >= 4 is 11.9 Å². The molecular formula is C34H45NO. The van der Waals surface area contributed by atoms with E-state index in [-0.39, 0.29) is 5.41 Å². The largest absolute Gasteiger partial charge is 0.507 e. The molecule has 0 bridgehead atoms. The van der Waals surface area contributed by atoms with Gasteiger partial charge < -0.3 is 5.11 Å². The molecular weight excluding hydrogens is 438 g/mol. The van der Waals surface area contributed by atoms with Crippen LogP contribution in [0.1, 0.15) is 110 Å². The van der Waals surface area contributed by atoms with Crippen molar-refractivity contribution in [2.75, 3.05) is 0 Å². The van der Waals surface area contributed by atoms with Crippen LogP contribution in [0, 0.1) is 34.6 Å². The van der Waals surface area contributed by atoms with E-state index in [1.807, 2.05) is 6.21 Å². The van der Waals surface area contributed by atoms with Crippen molar-refractivity contribution in [2.45, 2.75) is 100 Å². The van der Waals surface area contributed by atoms with E-state index in [1.54, 1.807) is 0 Å². The third kappa shape index (κ3) is 5.14. The number of para-hydroxylation sites is 1. The molecule has 3 aromatic carbocycles. The summed E-state index contributed by atoms with van der Waals surface area (Å²) in [7, 11) is 0. The first-order chi connectivity index (χ1) is 16.7. The van der Waals surface area contributed by atoms with Crippen LogP contribution in [0.2, 0.25) is 0 Å². The predicted octanol–water partition coefficient (Wildman–Crippen LogP) is 9.90. The average Bonchev–Trinajstić information content (AvgIpc) is 2.80. The molecule has 0 amide bonds. The Labute approximate surface area is 219 Å². The zero-order valence-electron chi connectivity index (χ0n) is 24.5. The maximum atomic E-state index is 11.7. The molecule has 0 saturated heterocycles. The zero-order chi connectivity index (χ0) is 27.1. The first-order valence-electron chi connectivity index (χ1n) is 13.3. The summed E-state index contributed by atoms with van der Waals surface area (Å²) in [6.07, 6.45) is 1.87. The van der Waals surface area contributed by atoms with Crippen molar-refractivity contribution in [3.8, 4) is 16.9 Å². The monoisotopic (exact) mass is 483 g/mol. The molecule has 0 unspecified atom stereocenters. The van der Waals surface area contributed by atoms with Gasteiger partial charge >= 0.3 is 0 Å². The van der Waals surface area contributed by atoms with E-state index < -0.39 is 0 Å². The van der Waals surface area contributed by atoms with Gasteiger partial charge in [-0.2, -0.15) is 0 Å². The minimum Gasteiger partial charge on any atom is -0.507 e. The minimum atomic E-state index is -0.0689. The van der Waals surface area contributed by atoms with Gasteiger partial charge in [-0.15, -0.1) is 0 Å². The Morgan fingerprint density at radius 1 is 0.750 bits per heavy atom. The molecule has 0 radical (unpaired) electrons. The van der Waals surface area contributed by atoms with E-state index in [1.165, 1.54) is 44.5 Å². The molecule has 0 aliphatic heterocycles. The van der Waals surface area contributed by atoms with E-state index in [4.69, 9.17) is 4.99 Å². The summed E-state index contributed by atoms with van der Waals surface area (Å²) in [5.74, 6) is 1.03. The lowest BCUT2D eigenvalue weighted by Crippen LogP contribution is -2.12. The molecule has 0 heterocycles. The van der Waals surface area contributed by atoms with Gasteiger partial charge in [-0.3, -0.25) is 4.99 Å². The molecule has 2 nitrogen and oxygen atoms in total. The highest BCUT2D eigenvalue weighted by Gasteiger charge is 2.23. The van der Waals surface area contributed by atoms with Gasteiger partial charge in [0.25, 0.3) is 0 Å². The Morgan fingerprint density at radius 3 is 1.67 bits per heavy atom. The van der Waals surface area contributed by atoms with Crippen molar-refractivity contribution in [2.24, 2.45) is 4.99 Å². The van der Waals surface area contributed by atoms with Crippen LogP contribution in [0.25, 0.3) is 11.1 Å². The van der Waals surface area contributed by atoms with Gasteiger partial charge in [0.15, 0.2) is 0 Å². The van der Waals surface area contributed by atoms with Crippen LogP contribution in [0.15, 0.2) is 35.3 Å². The van der Waals surface area contributed by atoms with Crippen molar-refractivity contribution < 1.29 is 5.11 Å². The Hall–Kier alpha value is -2.87. The van der Waals surface area contributed by atoms with Gasteiger partial charge in [0.2, 0.25) is 0 Å². The number of nitrogens with zero attached hydrogens (tertiary/aromatic N) is 1. The summed E-state index contributed by atoms with van der Waals surface area (Å²) in [4.78, 5) is 5.05. The van der Waals surface area contributed by atoms with Crippen molar-refractivity contribution in [1.29, 1.82) is 0 Å². The quantitative estimate of drug-likeness (QED) is 0.360. The third-order valence-electron chi connectivity index (χ3n) is 7.95. The molecule has 0 aliphatic carbocycles. The van der Waals surface area contributed by atoms with E-state index in [2.05, 4.69) is 113 Å². The lowest BCUT2D eigenvalue weighted by Gasteiger charge is -2.25. The highest BCUT2D eigenvalue weighted by atomic mass is 16.3. The number of benzene rings is 3. The molecule has 0 aromatic heterocycles. The second kappa shape index (κ2) is 10.2. The SMILES string of the molecule is Cc1c(C)c(C)c(-c2cc(C(C)(C)C)cc(C=Nc3c(C(C)C)cccc3C(C)C)c2O)c(C)c1C. The average molecular weight is 484 g/mol. The van der Waals surface area contributed by atoms with Crippen LogP contribution in [0.5, 0.6) is 5.75 Å². The van der Waals surface area contributed by atoms with E-state index >= 15 is 0 Å². The normalized spacial score (nSPS) is 12.4. The number of hydrogen-bond donors (Lipinski definition) is 1. The molecule has 192 valence electrons. The smallest absolute Gasteiger partial charge is 0.132 e. The molecule has 0 atom stereocenters. The molecule has 0 spiro atoms. The second-order valence-electron chi connectivity index (χ2n) is 12.1. The lowest BCUT2D eigenvalue weighted by molar-refractivity contribution is 0.475. The van der Waals surface area contributed by atoms with Crippen LogP contribution in [-0.2, 0) is 5.41 Å². The number of hydrogen-bond acceptors (Lipinski definition) is 2. The van der Waals surface area contributed by atoms with Crippen LogP contribution in [0.3, 0.4) is 0 Å². The predicted molar refractivity (Wildman–Crippen MR) is 158 cm³/mol. The Morgan fingerprint density at radius 2 is 1.22 bits per heavy atom. The van der Waals surface area contributed by atoms with E-state index in [0.29, 0.717) is 17.6 Å². The number of aromatic hydroxyl groups is 1. The van der Waals surface area contributed by atoms with Gasteiger partial charge in [0, 0.05) is 17.3 Å². The lowest BCUT2D eigenvalue weighted by atomic mass is 9.81. The summed E-state index contributed by atoms with van der Waals surface area (Å²) >= 11 is 0. The Kier molecular flexibility index (Phi) is 7.89.